The molecule has 0 bridgehead atoms. The van der Waals surface area contributed by atoms with E-state index in [1.807, 2.05) is 37.4 Å². The number of rotatable bonds is 6. The van der Waals surface area contributed by atoms with Crippen LogP contribution < -0.4 is 5.56 Å². The zero-order valence-electron chi connectivity index (χ0n) is 12.2. The van der Waals surface area contributed by atoms with Gasteiger partial charge in [-0.25, -0.2) is 0 Å². The number of thiophene rings is 1. The molecular weight excluding hydrogens is 286 g/mol. The summed E-state index contributed by atoms with van der Waals surface area (Å²) in [7, 11) is 0. The van der Waals surface area contributed by atoms with Gasteiger partial charge < -0.3 is 9.67 Å². The van der Waals surface area contributed by atoms with Crippen LogP contribution in [0.4, 0.5) is 0 Å². The van der Waals surface area contributed by atoms with Gasteiger partial charge >= 0.3 is 5.97 Å². The van der Waals surface area contributed by atoms with Crippen molar-refractivity contribution < 1.29 is 9.90 Å². The molecule has 1 unspecified atom stereocenters. The van der Waals surface area contributed by atoms with E-state index in [1.54, 1.807) is 22.0 Å². The van der Waals surface area contributed by atoms with Gasteiger partial charge in [-0.3, -0.25) is 9.59 Å². The molecule has 1 atom stereocenters. The van der Waals surface area contributed by atoms with Crippen LogP contribution in [0.5, 0.6) is 0 Å². The molecule has 0 aliphatic heterocycles. The second-order valence-electron chi connectivity index (χ2n) is 5.05. The zero-order valence-corrected chi connectivity index (χ0v) is 13.0. The number of aliphatic carboxylic acids is 1. The molecule has 0 aromatic carbocycles. The topological polar surface area (TPSA) is 59.3 Å². The molecular formula is C16H19NO3S. The van der Waals surface area contributed by atoms with E-state index in [9.17, 15) is 9.59 Å². The number of carbonyl (C=O) groups is 1. The summed E-state index contributed by atoms with van der Waals surface area (Å²) in [6.45, 7) is 4.05. The summed E-state index contributed by atoms with van der Waals surface area (Å²) < 4.78 is 1.79. The molecule has 4 nitrogen and oxygen atoms in total. The average molecular weight is 305 g/mol. The summed E-state index contributed by atoms with van der Waals surface area (Å²) in [5.41, 5.74) is 1.40. The van der Waals surface area contributed by atoms with Crippen LogP contribution in [-0.4, -0.2) is 15.6 Å². The Morgan fingerprint density at radius 1 is 1.38 bits per heavy atom. The van der Waals surface area contributed by atoms with Crippen LogP contribution in [0.15, 0.2) is 34.4 Å². The normalized spacial score (nSPS) is 12.3. The van der Waals surface area contributed by atoms with E-state index < -0.39 is 5.97 Å². The standard InChI is InChI=1S/C16H19NO3S/c1-3-11(2)17-13(14-5-4-10-21-14)8-6-12(16(17)20)7-9-15(18)19/h4-6,8,10-11H,3,7,9H2,1-2H3,(H,18,19). The lowest BCUT2D eigenvalue weighted by Gasteiger charge is -2.19. The predicted octanol–water partition coefficient (Wildman–Crippen LogP) is 3.57. The van der Waals surface area contributed by atoms with E-state index in [1.165, 1.54) is 0 Å². The number of aryl methyl sites for hydroxylation is 1. The Morgan fingerprint density at radius 3 is 2.71 bits per heavy atom. The lowest BCUT2D eigenvalue weighted by Crippen LogP contribution is -2.27. The van der Waals surface area contributed by atoms with Crippen molar-refractivity contribution in [1.29, 1.82) is 0 Å². The monoisotopic (exact) mass is 305 g/mol. The van der Waals surface area contributed by atoms with Gasteiger partial charge in [0.15, 0.2) is 0 Å². The second-order valence-corrected chi connectivity index (χ2v) is 5.99. The van der Waals surface area contributed by atoms with E-state index in [-0.39, 0.29) is 24.4 Å². The third kappa shape index (κ3) is 3.42. The Bertz CT molecular complexity index is 673. The summed E-state index contributed by atoms with van der Waals surface area (Å²) in [4.78, 5) is 24.4. The van der Waals surface area contributed by atoms with E-state index in [2.05, 4.69) is 0 Å². The first-order valence-electron chi connectivity index (χ1n) is 7.04. The van der Waals surface area contributed by atoms with Crippen LogP contribution in [0, 0.1) is 0 Å². The number of carboxylic acids is 1. The molecule has 0 saturated heterocycles. The molecule has 0 fully saturated rings. The molecule has 2 rings (SSSR count). The summed E-state index contributed by atoms with van der Waals surface area (Å²) in [5.74, 6) is -0.883. The largest absolute Gasteiger partial charge is 0.481 e. The summed E-state index contributed by atoms with van der Waals surface area (Å²) >= 11 is 1.60. The fourth-order valence-corrected chi connectivity index (χ4v) is 3.02. The first-order chi connectivity index (χ1) is 10.0. The summed E-state index contributed by atoms with van der Waals surface area (Å²) in [5, 5.41) is 10.8. The number of hydrogen-bond donors (Lipinski definition) is 1. The van der Waals surface area contributed by atoms with Crippen molar-refractivity contribution >= 4 is 17.3 Å². The quantitative estimate of drug-likeness (QED) is 0.887. The fourth-order valence-electron chi connectivity index (χ4n) is 2.27. The van der Waals surface area contributed by atoms with Crippen LogP contribution >= 0.6 is 11.3 Å². The molecule has 0 aliphatic rings. The van der Waals surface area contributed by atoms with Crippen molar-refractivity contribution in [2.75, 3.05) is 0 Å². The molecule has 5 heteroatoms. The zero-order chi connectivity index (χ0) is 15.4. The average Bonchev–Trinajstić information content (AvgIpc) is 2.98. The maximum atomic E-state index is 12.7. The Morgan fingerprint density at radius 2 is 2.14 bits per heavy atom. The van der Waals surface area contributed by atoms with Crippen LogP contribution in [-0.2, 0) is 11.2 Å². The maximum absolute atomic E-state index is 12.7. The molecule has 0 amide bonds. The van der Waals surface area contributed by atoms with Gasteiger partial charge in [-0.1, -0.05) is 19.1 Å². The van der Waals surface area contributed by atoms with Gasteiger partial charge in [0.05, 0.1) is 10.6 Å². The minimum Gasteiger partial charge on any atom is -0.481 e. The van der Waals surface area contributed by atoms with E-state index >= 15 is 0 Å². The van der Waals surface area contributed by atoms with Crippen molar-refractivity contribution in [3.63, 3.8) is 0 Å². The Kier molecular flexibility index (Phi) is 4.96. The molecule has 21 heavy (non-hydrogen) atoms. The SMILES string of the molecule is CCC(C)n1c(-c2cccs2)ccc(CCC(=O)O)c1=O. The van der Waals surface area contributed by atoms with Gasteiger partial charge in [0, 0.05) is 18.0 Å². The van der Waals surface area contributed by atoms with Crippen molar-refractivity contribution in [3.8, 4) is 10.6 Å². The number of carboxylic acid groups (broad SMARTS) is 1. The van der Waals surface area contributed by atoms with Gasteiger partial charge in [0.25, 0.3) is 5.56 Å². The Balaban J connectivity index is 2.51. The van der Waals surface area contributed by atoms with Crippen molar-refractivity contribution in [1.82, 2.24) is 4.57 Å². The third-order valence-corrected chi connectivity index (χ3v) is 4.50. The molecule has 1 N–H and O–H groups in total. The van der Waals surface area contributed by atoms with Crippen LogP contribution in [0.2, 0.25) is 0 Å². The minimum absolute atomic E-state index is 0.0197. The Hall–Kier alpha value is -1.88. The summed E-state index contributed by atoms with van der Waals surface area (Å²) in [6, 6.07) is 7.73. The molecule has 112 valence electrons. The molecule has 0 spiro atoms. The lowest BCUT2D eigenvalue weighted by atomic mass is 10.1. The number of aromatic nitrogens is 1. The van der Waals surface area contributed by atoms with E-state index in [0.717, 1.165) is 17.0 Å². The molecule has 2 aromatic heterocycles. The molecule has 0 saturated carbocycles. The van der Waals surface area contributed by atoms with Crippen LogP contribution in [0.25, 0.3) is 10.6 Å². The summed E-state index contributed by atoms with van der Waals surface area (Å²) in [6.07, 6.45) is 1.10. The number of nitrogens with zero attached hydrogens (tertiary/aromatic N) is 1. The molecule has 2 aromatic rings. The van der Waals surface area contributed by atoms with Crippen molar-refractivity contribution in [2.24, 2.45) is 0 Å². The minimum atomic E-state index is -0.883. The highest BCUT2D eigenvalue weighted by molar-refractivity contribution is 7.13. The van der Waals surface area contributed by atoms with Gasteiger partial charge in [-0.15, -0.1) is 11.3 Å². The fraction of sp³-hybridized carbons (Fsp3) is 0.375. The van der Waals surface area contributed by atoms with Crippen LogP contribution in [0.1, 0.15) is 38.3 Å². The third-order valence-electron chi connectivity index (χ3n) is 3.61. The van der Waals surface area contributed by atoms with E-state index in [0.29, 0.717) is 5.56 Å². The van der Waals surface area contributed by atoms with Gasteiger partial charge in [0.2, 0.25) is 0 Å². The first-order valence-corrected chi connectivity index (χ1v) is 7.92. The predicted molar refractivity (Wildman–Crippen MR) is 85.0 cm³/mol. The van der Waals surface area contributed by atoms with Crippen molar-refractivity contribution in [2.45, 2.75) is 39.2 Å². The number of hydrogen-bond acceptors (Lipinski definition) is 3. The second kappa shape index (κ2) is 6.72. The van der Waals surface area contributed by atoms with Crippen molar-refractivity contribution in [3.05, 3.63) is 45.6 Å². The maximum Gasteiger partial charge on any atom is 0.303 e. The molecule has 0 aliphatic carbocycles. The van der Waals surface area contributed by atoms with Gasteiger partial charge in [-0.05, 0) is 37.3 Å². The Labute approximate surface area is 127 Å². The van der Waals surface area contributed by atoms with Crippen LogP contribution in [0.3, 0.4) is 0 Å². The highest BCUT2D eigenvalue weighted by Gasteiger charge is 2.15. The molecule has 0 radical (unpaired) electrons. The highest BCUT2D eigenvalue weighted by Crippen LogP contribution is 2.26. The molecule has 2 heterocycles. The first kappa shape index (κ1) is 15.5. The van der Waals surface area contributed by atoms with Gasteiger partial charge in [0.1, 0.15) is 0 Å². The van der Waals surface area contributed by atoms with Gasteiger partial charge in [-0.2, -0.15) is 0 Å². The smallest absolute Gasteiger partial charge is 0.303 e. The lowest BCUT2D eigenvalue weighted by molar-refractivity contribution is -0.136. The highest BCUT2D eigenvalue weighted by atomic mass is 32.1. The number of pyridine rings is 1. The van der Waals surface area contributed by atoms with E-state index in [4.69, 9.17) is 5.11 Å².